The van der Waals surface area contributed by atoms with Crippen molar-refractivity contribution in [3.8, 4) is 5.75 Å². The Hall–Kier alpha value is -3.43. The van der Waals surface area contributed by atoms with Crippen molar-refractivity contribution in [3.05, 3.63) is 65.7 Å². The van der Waals surface area contributed by atoms with Gasteiger partial charge in [0, 0.05) is 33.3 Å². The minimum Gasteiger partial charge on any atom is -0.492 e. The lowest BCUT2D eigenvalue weighted by Crippen LogP contribution is -2.55. The molecule has 2 rings (SSSR count). The number of rotatable bonds is 18. The summed E-state index contributed by atoms with van der Waals surface area (Å²) in [4.78, 5) is 37.6. The first-order chi connectivity index (χ1) is 19.8. The molecular weight excluding hydrogens is 520 g/mol. The van der Waals surface area contributed by atoms with Gasteiger partial charge in [-0.25, -0.2) is 0 Å². The molecule has 4 N–H and O–H groups in total. The third-order valence-corrected chi connectivity index (χ3v) is 6.84. The molecule has 9 nitrogen and oxygen atoms in total. The monoisotopic (exact) mass is 570 g/mol. The topological polar surface area (TPSA) is 120 Å². The number of carbonyl (C=O) groups excluding carboxylic acids is 3. The van der Waals surface area contributed by atoms with Crippen LogP contribution in [0.1, 0.15) is 51.2 Å². The summed E-state index contributed by atoms with van der Waals surface area (Å²) >= 11 is 0. The van der Waals surface area contributed by atoms with Crippen LogP contribution >= 0.6 is 0 Å². The van der Waals surface area contributed by atoms with Crippen LogP contribution in [-0.4, -0.2) is 80.2 Å². The van der Waals surface area contributed by atoms with Gasteiger partial charge in [-0.15, -0.1) is 0 Å². The molecule has 0 saturated carbocycles. The maximum Gasteiger partial charge on any atom is 0.242 e. The van der Waals surface area contributed by atoms with Crippen LogP contribution in [0.2, 0.25) is 0 Å². The summed E-state index contributed by atoms with van der Waals surface area (Å²) in [7, 11) is 1.61. The molecule has 3 amide bonds. The number of likely N-dealkylation sites (N-methyl/N-ethyl adjacent to an activating group) is 2. The average Bonchev–Trinajstić information content (AvgIpc) is 2.98. The number of ether oxygens (including phenoxy) is 1. The molecule has 0 spiro atoms. The van der Waals surface area contributed by atoms with E-state index in [4.69, 9.17) is 4.74 Å². The Kier molecular flexibility index (Phi) is 18.5. The predicted octanol–water partition coefficient (Wildman–Crippen LogP) is 3.09. The normalized spacial score (nSPS) is 12.6. The zero-order chi connectivity index (χ0) is 30.5. The van der Waals surface area contributed by atoms with E-state index in [9.17, 15) is 19.5 Å². The molecule has 3 atom stereocenters. The smallest absolute Gasteiger partial charge is 0.242 e. The van der Waals surface area contributed by atoms with E-state index in [1.54, 1.807) is 7.05 Å². The third-order valence-electron chi connectivity index (χ3n) is 6.84. The molecule has 2 aromatic rings. The third kappa shape index (κ3) is 13.7. The number of nitrogens with one attached hydrogen (secondary N) is 3. The number of nitrogens with zero attached hydrogens (tertiary/aromatic N) is 1. The fourth-order valence-electron chi connectivity index (χ4n) is 4.26. The maximum absolute atomic E-state index is 13.3. The fraction of sp³-hybridized carbons (Fsp3) is 0.531. The number of carbonyl (C=O) groups is 3. The number of benzene rings is 2. The number of aliphatic hydroxyl groups excluding tert-OH is 1. The van der Waals surface area contributed by atoms with Crippen LogP contribution in [0.5, 0.6) is 5.75 Å². The summed E-state index contributed by atoms with van der Waals surface area (Å²) in [5, 5.41) is 18.1. The second-order valence-electron chi connectivity index (χ2n) is 9.98. The van der Waals surface area contributed by atoms with Crippen molar-refractivity contribution < 1.29 is 24.2 Å². The minimum absolute atomic E-state index is 0.0524. The summed E-state index contributed by atoms with van der Waals surface area (Å²) in [6, 6.07) is 16.9. The number of aryl methyl sites for hydroxylation is 2. The van der Waals surface area contributed by atoms with Crippen molar-refractivity contribution in [2.24, 2.45) is 5.92 Å². The highest BCUT2D eigenvalue weighted by atomic mass is 16.5. The van der Waals surface area contributed by atoms with Gasteiger partial charge in [-0.1, -0.05) is 74.4 Å². The quantitative estimate of drug-likeness (QED) is 0.162. The molecule has 228 valence electrons. The van der Waals surface area contributed by atoms with Crippen molar-refractivity contribution in [2.45, 2.75) is 65.5 Å². The summed E-state index contributed by atoms with van der Waals surface area (Å²) in [6.45, 7) is 9.65. The van der Waals surface area contributed by atoms with E-state index in [1.807, 2.05) is 63.2 Å². The lowest BCUT2D eigenvalue weighted by atomic mass is 9.97. The van der Waals surface area contributed by atoms with Gasteiger partial charge in [0.15, 0.2) is 0 Å². The second-order valence-corrected chi connectivity index (χ2v) is 9.98. The van der Waals surface area contributed by atoms with Crippen molar-refractivity contribution in [3.63, 3.8) is 0 Å². The van der Waals surface area contributed by atoms with Crippen LogP contribution in [0.3, 0.4) is 0 Å². The first-order valence-corrected chi connectivity index (χ1v) is 14.6. The van der Waals surface area contributed by atoms with Gasteiger partial charge < -0.3 is 30.7 Å². The Morgan fingerprint density at radius 3 is 2.32 bits per heavy atom. The molecule has 0 aliphatic rings. The zero-order valence-electron chi connectivity index (χ0n) is 25.4. The fourth-order valence-corrected chi connectivity index (χ4v) is 4.26. The van der Waals surface area contributed by atoms with Gasteiger partial charge in [-0.2, -0.15) is 0 Å². The van der Waals surface area contributed by atoms with Gasteiger partial charge >= 0.3 is 0 Å². The minimum atomic E-state index is -0.720. The first kappa shape index (κ1) is 35.6. The van der Waals surface area contributed by atoms with Crippen LogP contribution in [0.4, 0.5) is 0 Å². The highest BCUT2D eigenvalue weighted by Gasteiger charge is 2.32. The molecule has 0 radical (unpaired) electrons. The van der Waals surface area contributed by atoms with Crippen molar-refractivity contribution in [1.29, 1.82) is 0 Å². The van der Waals surface area contributed by atoms with Gasteiger partial charge in [-0.3, -0.25) is 14.4 Å². The van der Waals surface area contributed by atoms with Gasteiger partial charge in [0.1, 0.15) is 18.4 Å². The largest absolute Gasteiger partial charge is 0.492 e. The Morgan fingerprint density at radius 1 is 1.05 bits per heavy atom. The molecule has 0 aliphatic heterocycles. The standard InChI is InChI=1S/C25H42N4O5.C7H8/c1-5-19(3)23(25(33)29(4)21(13-16-30)24(32)27-6-2)28-15-17-34-22-12-8-7-10-20(22)11-9-14-26-18-31;1-7-5-3-2-4-6-7/h7-8,10,12,18-19,21,23,28,30H,5-6,9,11,13-17H2,1-4H3,(H,26,31)(H,27,32);2-6H,1H3. The lowest BCUT2D eigenvalue weighted by molar-refractivity contribution is -0.142. The molecule has 0 heterocycles. The average molecular weight is 571 g/mol. The van der Waals surface area contributed by atoms with Gasteiger partial charge in [0.25, 0.3) is 0 Å². The van der Waals surface area contributed by atoms with Gasteiger partial charge in [-0.05, 0) is 50.7 Å². The van der Waals surface area contributed by atoms with Crippen LogP contribution in [0, 0.1) is 12.8 Å². The maximum atomic E-state index is 13.3. The van der Waals surface area contributed by atoms with E-state index in [0.717, 1.165) is 30.6 Å². The summed E-state index contributed by atoms with van der Waals surface area (Å²) < 4.78 is 5.98. The van der Waals surface area contributed by atoms with E-state index < -0.39 is 12.1 Å². The van der Waals surface area contributed by atoms with E-state index in [-0.39, 0.29) is 30.8 Å². The summed E-state index contributed by atoms with van der Waals surface area (Å²) in [5.41, 5.74) is 2.39. The molecule has 0 aromatic heterocycles. The molecular formula is C32H50N4O5. The number of aliphatic hydroxyl groups is 1. The van der Waals surface area contributed by atoms with Crippen LogP contribution in [0.25, 0.3) is 0 Å². The van der Waals surface area contributed by atoms with Crippen molar-refractivity contribution in [2.75, 3.05) is 39.9 Å². The Bertz CT molecular complexity index is 1000. The Morgan fingerprint density at radius 2 is 1.73 bits per heavy atom. The number of hydrogen-bond donors (Lipinski definition) is 4. The molecule has 41 heavy (non-hydrogen) atoms. The number of hydrogen-bond acceptors (Lipinski definition) is 6. The van der Waals surface area contributed by atoms with E-state index in [2.05, 4.69) is 35.0 Å². The highest BCUT2D eigenvalue weighted by molar-refractivity contribution is 5.89. The zero-order valence-corrected chi connectivity index (χ0v) is 25.4. The predicted molar refractivity (Wildman–Crippen MR) is 164 cm³/mol. The molecule has 3 unspecified atom stereocenters. The number of para-hydroxylation sites is 1. The van der Waals surface area contributed by atoms with E-state index >= 15 is 0 Å². The summed E-state index contributed by atoms with van der Waals surface area (Å²) in [5.74, 6) is 0.399. The van der Waals surface area contributed by atoms with Crippen LogP contribution in [0.15, 0.2) is 54.6 Å². The first-order valence-electron chi connectivity index (χ1n) is 14.6. The van der Waals surface area contributed by atoms with Gasteiger partial charge in [0.05, 0.1) is 6.04 Å². The van der Waals surface area contributed by atoms with Crippen LogP contribution < -0.4 is 20.7 Å². The molecule has 0 bridgehead atoms. The van der Waals surface area contributed by atoms with E-state index in [1.165, 1.54) is 10.5 Å². The van der Waals surface area contributed by atoms with Crippen LogP contribution in [-0.2, 0) is 20.8 Å². The second kappa shape index (κ2) is 21.3. The molecule has 0 aliphatic carbocycles. The molecule has 0 saturated heterocycles. The Labute approximate surface area is 246 Å². The Balaban J connectivity index is 0.00000104. The lowest BCUT2D eigenvalue weighted by Gasteiger charge is -2.32. The SMILES string of the molecule is CCNC(=O)C(CCO)N(C)C(=O)C(NCCOc1ccccc1CCCNC=O)C(C)CC.Cc1ccccc1. The van der Waals surface area contributed by atoms with Crippen molar-refractivity contribution >= 4 is 18.2 Å². The summed E-state index contributed by atoms with van der Waals surface area (Å²) in [6.07, 6.45) is 3.28. The number of amides is 3. The highest BCUT2D eigenvalue weighted by Crippen LogP contribution is 2.19. The van der Waals surface area contributed by atoms with E-state index in [0.29, 0.717) is 32.7 Å². The molecule has 0 fully saturated rings. The van der Waals surface area contributed by atoms with Crippen molar-refractivity contribution in [1.82, 2.24) is 20.9 Å². The molecule has 2 aromatic carbocycles. The molecule has 9 heteroatoms. The van der Waals surface area contributed by atoms with Gasteiger partial charge in [0.2, 0.25) is 18.2 Å².